The van der Waals surface area contributed by atoms with Gasteiger partial charge in [0.15, 0.2) is 0 Å². The lowest BCUT2D eigenvalue weighted by atomic mass is 9.99. The van der Waals surface area contributed by atoms with E-state index in [1.54, 1.807) is 12.4 Å². The fraction of sp³-hybridized carbons (Fsp3) is 0. The van der Waals surface area contributed by atoms with Gasteiger partial charge in [0, 0.05) is 28.9 Å². The molecule has 0 fully saturated rings. The van der Waals surface area contributed by atoms with Gasteiger partial charge in [-0.2, -0.15) is 0 Å². The van der Waals surface area contributed by atoms with Gasteiger partial charge in [0.05, 0.1) is 10.0 Å². The summed E-state index contributed by atoms with van der Waals surface area (Å²) in [6.07, 6.45) is 3.50. The number of hydrogen-bond donors (Lipinski definition) is 1. The van der Waals surface area contributed by atoms with Gasteiger partial charge < -0.3 is 5.73 Å². The monoisotopic (exact) mass is 288 g/mol. The minimum absolute atomic E-state index is 0.534. The minimum Gasteiger partial charge on any atom is -0.399 e. The normalized spacial score (nSPS) is 10.8. The van der Waals surface area contributed by atoms with E-state index in [-0.39, 0.29) is 0 Å². The van der Waals surface area contributed by atoms with Crippen molar-refractivity contribution in [2.24, 2.45) is 0 Å². The van der Waals surface area contributed by atoms with Gasteiger partial charge >= 0.3 is 0 Å². The van der Waals surface area contributed by atoms with Crippen LogP contribution in [0, 0.1) is 0 Å². The lowest BCUT2D eigenvalue weighted by Crippen LogP contribution is -1.87. The van der Waals surface area contributed by atoms with E-state index < -0.39 is 0 Å². The van der Waals surface area contributed by atoms with Gasteiger partial charge in [-0.1, -0.05) is 35.3 Å². The third-order valence-electron chi connectivity index (χ3n) is 3.05. The summed E-state index contributed by atoms with van der Waals surface area (Å²) in [7, 11) is 0. The summed E-state index contributed by atoms with van der Waals surface area (Å²) in [4.78, 5) is 4.16. The van der Waals surface area contributed by atoms with Crippen LogP contribution in [0.5, 0.6) is 0 Å². The van der Waals surface area contributed by atoms with Gasteiger partial charge in [-0.15, -0.1) is 0 Å². The largest absolute Gasteiger partial charge is 0.399 e. The van der Waals surface area contributed by atoms with Crippen molar-refractivity contribution < 1.29 is 0 Å². The highest BCUT2D eigenvalue weighted by Gasteiger charge is 2.10. The molecule has 19 heavy (non-hydrogen) atoms. The smallest absolute Gasteiger partial charge is 0.0672 e. The first-order chi connectivity index (χ1) is 9.16. The number of hydrogen-bond acceptors (Lipinski definition) is 2. The first kappa shape index (κ1) is 12.3. The second kappa shape index (κ2) is 4.72. The molecule has 0 saturated heterocycles. The van der Waals surface area contributed by atoms with Crippen LogP contribution in [0.4, 0.5) is 5.69 Å². The van der Waals surface area contributed by atoms with Crippen LogP contribution in [0.1, 0.15) is 0 Å². The number of aromatic nitrogens is 1. The van der Waals surface area contributed by atoms with Crippen LogP contribution in [0.3, 0.4) is 0 Å². The molecule has 0 aliphatic carbocycles. The van der Waals surface area contributed by atoms with E-state index in [9.17, 15) is 0 Å². The molecular weight excluding hydrogens is 279 g/mol. The van der Waals surface area contributed by atoms with Crippen LogP contribution >= 0.6 is 23.2 Å². The molecule has 3 rings (SSSR count). The Hall–Kier alpha value is -1.77. The first-order valence-corrected chi connectivity index (χ1v) is 6.50. The third kappa shape index (κ3) is 2.14. The Morgan fingerprint density at radius 3 is 2.42 bits per heavy atom. The molecule has 94 valence electrons. The summed E-state index contributed by atoms with van der Waals surface area (Å²) >= 11 is 12.4. The number of rotatable bonds is 1. The fourth-order valence-electron chi connectivity index (χ4n) is 2.10. The zero-order valence-corrected chi connectivity index (χ0v) is 11.4. The van der Waals surface area contributed by atoms with E-state index >= 15 is 0 Å². The molecule has 4 heteroatoms. The van der Waals surface area contributed by atoms with Crippen molar-refractivity contribution in [2.45, 2.75) is 0 Å². The second-order valence-corrected chi connectivity index (χ2v) is 5.05. The van der Waals surface area contributed by atoms with E-state index in [1.807, 2.05) is 36.4 Å². The van der Waals surface area contributed by atoms with E-state index in [0.717, 1.165) is 27.6 Å². The number of benzene rings is 2. The lowest BCUT2D eigenvalue weighted by Gasteiger charge is -2.10. The Balaban J connectivity index is 2.35. The standard InChI is InChI=1S/C15H10Cl2N2/c16-14-7-12(9-1-3-10(18)4-2-9)13-8-19-6-5-11(13)15(14)17/h1-8H,18H2. The first-order valence-electron chi connectivity index (χ1n) is 5.74. The molecule has 1 heterocycles. The van der Waals surface area contributed by atoms with Gasteiger partial charge in [0.25, 0.3) is 0 Å². The second-order valence-electron chi connectivity index (χ2n) is 4.26. The molecule has 2 nitrogen and oxygen atoms in total. The fourth-order valence-corrected chi connectivity index (χ4v) is 2.53. The molecule has 0 aliphatic rings. The van der Waals surface area contributed by atoms with Crippen LogP contribution in [-0.2, 0) is 0 Å². The Kier molecular flexibility index (Phi) is 3.05. The maximum Gasteiger partial charge on any atom is 0.0672 e. The summed E-state index contributed by atoms with van der Waals surface area (Å²) in [6.45, 7) is 0. The molecule has 3 aromatic rings. The summed E-state index contributed by atoms with van der Waals surface area (Å²) in [5.74, 6) is 0. The van der Waals surface area contributed by atoms with Crippen molar-refractivity contribution in [3.63, 3.8) is 0 Å². The predicted molar refractivity (Wildman–Crippen MR) is 81.6 cm³/mol. The van der Waals surface area contributed by atoms with Crippen molar-refractivity contribution >= 4 is 39.7 Å². The molecule has 0 bridgehead atoms. The van der Waals surface area contributed by atoms with Gasteiger partial charge in [-0.05, 0) is 35.4 Å². The third-order valence-corrected chi connectivity index (χ3v) is 3.85. The number of halogens is 2. The summed E-state index contributed by atoms with van der Waals surface area (Å²) in [6, 6.07) is 11.4. The van der Waals surface area contributed by atoms with Crippen molar-refractivity contribution in [1.29, 1.82) is 0 Å². The highest BCUT2D eigenvalue weighted by Crippen LogP contribution is 2.37. The Morgan fingerprint density at radius 2 is 1.68 bits per heavy atom. The molecule has 2 N–H and O–H groups in total. The predicted octanol–water partition coefficient (Wildman–Crippen LogP) is 4.79. The number of pyridine rings is 1. The van der Waals surface area contributed by atoms with Crippen molar-refractivity contribution in [1.82, 2.24) is 4.98 Å². The summed E-state index contributed by atoms with van der Waals surface area (Å²) in [5.41, 5.74) is 8.47. The van der Waals surface area contributed by atoms with Crippen molar-refractivity contribution in [3.05, 3.63) is 58.8 Å². The highest BCUT2D eigenvalue weighted by atomic mass is 35.5. The highest BCUT2D eigenvalue weighted by molar-refractivity contribution is 6.45. The van der Waals surface area contributed by atoms with Gasteiger partial charge in [0.2, 0.25) is 0 Å². The Morgan fingerprint density at radius 1 is 0.947 bits per heavy atom. The van der Waals surface area contributed by atoms with Crippen LogP contribution in [0.25, 0.3) is 21.9 Å². The van der Waals surface area contributed by atoms with Crippen LogP contribution in [0.2, 0.25) is 10.0 Å². The van der Waals surface area contributed by atoms with Crippen LogP contribution < -0.4 is 5.73 Å². The van der Waals surface area contributed by atoms with Gasteiger partial charge in [-0.25, -0.2) is 0 Å². The Labute approximate surface area is 120 Å². The molecule has 0 unspecified atom stereocenters. The molecule has 0 atom stereocenters. The maximum absolute atomic E-state index is 6.23. The van der Waals surface area contributed by atoms with E-state index in [4.69, 9.17) is 28.9 Å². The minimum atomic E-state index is 0.534. The van der Waals surface area contributed by atoms with Crippen molar-refractivity contribution in [3.8, 4) is 11.1 Å². The zero-order valence-electron chi connectivity index (χ0n) is 9.90. The number of nitrogens with zero attached hydrogens (tertiary/aromatic N) is 1. The summed E-state index contributed by atoms with van der Waals surface area (Å²) < 4.78 is 0. The molecule has 0 radical (unpaired) electrons. The maximum atomic E-state index is 6.23. The average molecular weight is 289 g/mol. The Bertz CT molecular complexity index is 752. The SMILES string of the molecule is Nc1ccc(-c2cc(Cl)c(Cl)c3ccncc23)cc1. The van der Waals surface area contributed by atoms with Crippen LogP contribution in [0.15, 0.2) is 48.8 Å². The van der Waals surface area contributed by atoms with Crippen molar-refractivity contribution in [2.75, 3.05) is 5.73 Å². The number of nitrogens with two attached hydrogens (primary N) is 1. The topological polar surface area (TPSA) is 38.9 Å². The molecule has 0 amide bonds. The van der Waals surface area contributed by atoms with E-state index in [0.29, 0.717) is 10.0 Å². The van der Waals surface area contributed by atoms with E-state index in [1.165, 1.54) is 0 Å². The molecule has 0 saturated carbocycles. The average Bonchev–Trinajstić information content (AvgIpc) is 2.44. The van der Waals surface area contributed by atoms with Gasteiger partial charge in [0.1, 0.15) is 0 Å². The molecule has 2 aromatic carbocycles. The van der Waals surface area contributed by atoms with Gasteiger partial charge in [-0.3, -0.25) is 4.98 Å². The van der Waals surface area contributed by atoms with E-state index in [2.05, 4.69) is 4.98 Å². The lowest BCUT2D eigenvalue weighted by molar-refractivity contribution is 1.36. The molecule has 0 aliphatic heterocycles. The zero-order chi connectivity index (χ0) is 13.4. The number of nitrogen functional groups attached to an aromatic ring is 1. The number of anilines is 1. The van der Waals surface area contributed by atoms with Crippen LogP contribution in [-0.4, -0.2) is 4.98 Å². The quantitative estimate of drug-likeness (QED) is 0.654. The molecular formula is C15H10Cl2N2. The number of fused-ring (bicyclic) bond motifs is 1. The molecule has 1 aromatic heterocycles. The summed E-state index contributed by atoms with van der Waals surface area (Å²) in [5, 5.41) is 2.96. The molecule has 0 spiro atoms.